The lowest BCUT2D eigenvalue weighted by molar-refractivity contribution is -0.150. The van der Waals surface area contributed by atoms with Gasteiger partial charge in [-0.1, -0.05) is 42.5 Å². The fourth-order valence-electron chi connectivity index (χ4n) is 2.28. The van der Waals surface area contributed by atoms with Gasteiger partial charge in [0.05, 0.1) is 12.7 Å². The predicted molar refractivity (Wildman–Crippen MR) is 69.8 cm³/mol. The van der Waals surface area contributed by atoms with Gasteiger partial charge in [0, 0.05) is 6.42 Å². The maximum absolute atomic E-state index is 11.8. The predicted octanol–water partition coefficient (Wildman–Crippen LogP) is 2.40. The number of allylic oxidation sites excluding steroid dienone is 1. The van der Waals surface area contributed by atoms with Crippen LogP contribution in [0, 0.1) is 5.41 Å². The largest absolute Gasteiger partial charge is 0.465 e. The summed E-state index contributed by atoms with van der Waals surface area (Å²) in [4.78, 5) is 11.8. The molecule has 0 radical (unpaired) electrons. The van der Waals surface area contributed by atoms with E-state index in [1.165, 1.54) is 0 Å². The number of cyclic esters (lactones) is 1. The van der Waals surface area contributed by atoms with Crippen LogP contribution in [-0.2, 0) is 9.53 Å². The highest BCUT2D eigenvalue weighted by Crippen LogP contribution is 2.37. The summed E-state index contributed by atoms with van der Waals surface area (Å²) in [5.41, 5.74) is 0.329. The molecule has 96 valence electrons. The summed E-state index contributed by atoms with van der Waals surface area (Å²) in [7, 11) is 0. The van der Waals surface area contributed by atoms with Crippen molar-refractivity contribution in [1.82, 2.24) is 0 Å². The van der Waals surface area contributed by atoms with E-state index in [1.807, 2.05) is 42.5 Å². The van der Waals surface area contributed by atoms with Crippen LogP contribution in [0.5, 0.6) is 0 Å². The van der Waals surface area contributed by atoms with Crippen molar-refractivity contribution in [2.45, 2.75) is 25.9 Å². The monoisotopic (exact) mass is 246 g/mol. The van der Waals surface area contributed by atoms with Crippen LogP contribution in [-0.4, -0.2) is 23.8 Å². The molecule has 18 heavy (non-hydrogen) atoms. The Hall–Kier alpha value is -1.61. The number of carbonyl (C=O) groups excluding carboxylic acids is 1. The van der Waals surface area contributed by atoms with Gasteiger partial charge in [0.15, 0.2) is 0 Å². The first-order valence-corrected chi connectivity index (χ1v) is 6.22. The molecule has 1 N–H and O–H groups in total. The lowest BCUT2D eigenvalue weighted by atomic mass is 9.78. The highest BCUT2D eigenvalue weighted by atomic mass is 16.5. The highest BCUT2D eigenvalue weighted by molar-refractivity contribution is 5.79. The number of aliphatic hydroxyl groups is 1. The minimum absolute atomic E-state index is 0.282. The van der Waals surface area contributed by atoms with Crippen LogP contribution in [0.25, 0.3) is 6.08 Å². The van der Waals surface area contributed by atoms with E-state index in [0.29, 0.717) is 19.4 Å². The van der Waals surface area contributed by atoms with Gasteiger partial charge in [-0.2, -0.15) is 0 Å². The molecule has 0 unspecified atom stereocenters. The number of carbonyl (C=O) groups is 1. The Morgan fingerprint density at radius 3 is 2.72 bits per heavy atom. The Morgan fingerprint density at radius 1 is 1.44 bits per heavy atom. The van der Waals surface area contributed by atoms with Crippen molar-refractivity contribution in [2.75, 3.05) is 6.61 Å². The van der Waals surface area contributed by atoms with Crippen LogP contribution < -0.4 is 0 Å². The average Bonchev–Trinajstić information content (AvgIpc) is 2.73. The topological polar surface area (TPSA) is 46.5 Å². The van der Waals surface area contributed by atoms with Gasteiger partial charge in [-0.3, -0.25) is 4.79 Å². The van der Waals surface area contributed by atoms with Gasteiger partial charge in [0.25, 0.3) is 0 Å². The SMILES string of the molecule is C[C@H](O)[C@@]1(C/C=C/c2ccccc2)CCOC1=O. The second-order valence-corrected chi connectivity index (χ2v) is 4.74. The summed E-state index contributed by atoms with van der Waals surface area (Å²) >= 11 is 0. The van der Waals surface area contributed by atoms with E-state index < -0.39 is 11.5 Å². The third kappa shape index (κ3) is 2.46. The van der Waals surface area contributed by atoms with Gasteiger partial charge < -0.3 is 9.84 Å². The van der Waals surface area contributed by atoms with Crippen LogP contribution in [0.4, 0.5) is 0 Å². The van der Waals surface area contributed by atoms with Crippen molar-refractivity contribution in [3.63, 3.8) is 0 Å². The molecule has 2 atom stereocenters. The van der Waals surface area contributed by atoms with Crippen LogP contribution >= 0.6 is 0 Å². The first-order chi connectivity index (χ1) is 8.65. The molecule has 0 amide bonds. The molecular formula is C15H18O3. The van der Waals surface area contributed by atoms with Gasteiger partial charge in [-0.15, -0.1) is 0 Å². The molecule has 0 saturated carbocycles. The van der Waals surface area contributed by atoms with Crippen LogP contribution in [0.15, 0.2) is 36.4 Å². The molecule has 0 spiro atoms. The second-order valence-electron chi connectivity index (χ2n) is 4.74. The molecule has 0 bridgehead atoms. The number of esters is 1. The van der Waals surface area contributed by atoms with Crippen molar-refractivity contribution < 1.29 is 14.6 Å². The van der Waals surface area contributed by atoms with E-state index in [-0.39, 0.29) is 5.97 Å². The average molecular weight is 246 g/mol. The maximum atomic E-state index is 11.8. The Balaban J connectivity index is 2.08. The first kappa shape index (κ1) is 12.8. The zero-order valence-corrected chi connectivity index (χ0v) is 10.5. The summed E-state index contributed by atoms with van der Waals surface area (Å²) in [5, 5.41) is 9.84. The fraction of sp³-hybridized carbons (Fsp3) is 0.400. The summed E-state index contributed by atoms with van der Waals surface area (Å²) in [6.45, 7) is 2.06. The molecule has 3 heteroatoms. The fourth-order valence-corrected chi connectivity index (χ4v) is 2.28. The molecule has 0 aromatic heterocycles. The van der Waals surface area contributed by atoms with Crippen molar-refractivity contribution >= 4 is 12.0 Å². The zero-order chi connectivity index (χ0) is 13.0. The summed E-state index contributed by atoms with van der Waals surface area (Å²) < 4.78 is 5.00. The molecule has 1 aromatic rings. The molecular weight excluding hydrogens is 228 g/mol. The Morgan fingerprint density at radius 2 is 2.17 bits per heavy atom. The van der Waals surface area contributed by atoms with Crippen molar-refractivity contribution in [3.8, 4) is 0 Å². The smallest absolute Gasteiger partial charge is 0.315 e. The lowest BCUT2D eigenvalue weighted by Crippen LogP contribution is -2.37. The molecule has 1 heterocycles. The molecule has 0 aliphatic carbocycles. The standard InChI is InChI=1S/C15H18O3/c1-12(16)15(10-11-18-14(15)17)9-5-8-13-6-3-2-4-7-13/h2-8,12,16H,9-11H2,1H3/b8-5+/t12-,15+/m0/s1. The lowest BCUT2D eigenvalue weighted by Gasteiger charge is -2.26. The minimum atomic E-state index is -0.759. The highest BCUT2D eigenvalue weighted by Gasteiger charge is 2.47. The molecule has 1 saturated heterocycles. The Labute approximate surface area is 107 Å². The van der Waals surface area contributed by atoms with Crippen LogP contribution in [0.1, 0.15) is 25.3 Å². The minimum Gasteiger partial charge on any atom is -0.465 e. The molecule has 1 fully saturated rings. The van der Waals surface area contributed by atoms with Crippen molar-refractivity contribution in [2.24, 2.45) is 5.41 Å². The molecule has 3 nitrogen and oxygen atoms in total. The molecule has 2 rings (SSSR count). The van der Waals surface area contributed by atoms with Gasteiger partial charge in [0.2, 0.25) is 0 Å². The molecule has 1 aliphatic heterocycles. The van der Waals surface area contributed by atoms with Gasteiger partial charge >= 0.3 is 5.97 Å². The van der Waals surface area contributed by atoms with Gasteiger partial charge in [-0.25, -0.2) is 0 Å². The quantitative estimate of drug-likeness (QED) is 0.830. The van der Waals surface area contributed by atoms with E-state index in [4.69, 9.17) is 4.74 Å². The number of ether oxygens (including phenoxy) is 1. The number of aliphatic hydroxyl groups excluding tert-OH is 1. The maximum Gasteiger partial charge on any atom is 0.315 e. The number of benzene rings is 1. The number of hydrogen-bond acceptors (Lipinski definition) is 3. The first-order valence-electron chi connectivity index (χ1n) is 6.22. The van der Waals surface area contributed by atoms with E-state index in [1.54, 1.807) is 6.92 Å². The van der Waals surface area contributed by atoms with Crippen molar-refractivity contribution in [3.05, 3.63) is 42.0 Å². The van der Waals surface area contributed by atoms with Gasteiger partial charge in [0.1, 0.15) is 5.41 Å². The van der Waals surface area contributed by atoms with E-state index in [9.17, 15) is 9.90 Å². The normalized spacial score (nSPS) is 25.3. The number of rotatable bonds is 4. The third-order valence-corrected chi connectivity index (χ3v) is 3.58. The molecule has 1 aromatic carbocycles. The van der Waals surface area contributed by atoms with E-state index in [2.05, 4.69) is 0 Å². The van der Waals surface area contributed by atoms with E-state index in [0.717, 1.165) is 5.56 Å². The van der Waals surface area contributed by atoms with Gasteiger partial charge in [-0.05, 0) is 18.9 Å². The molecule has 1 aliphatic rings. The van der Waals surface area contributed by atoms with Crippen LogP contribution in [0.3, 0.4) is 0 Å². The summed E-state index contributed by atoms with van der Waals surface area (Å²) in [5.74, 6) is -0.282. The van der Waals surface area contributed by atoms with E-state index >= 15 is 0 Å². The van der Waals surface area contributed by atoms with Crippen molar-refractivity contribution in [1.29, 1.82) is 0 Å². The summed E-state index contributed by atoms with van der Waals surface area (Å²) in [6, 6.07) is 9.89. The zero-order valence-electron chi connectivity index (χ0n) is 10.5. The second kappa shape index (κ2) is 5.36. The Bertz CT molecular complexity index is 436. The third-order valence-electron chi connectivity index (χ3n) is 3.58. The number of hydrogen-bond donors (Lipinski definition) is 1. The Kier molecular flexibility index (Phi) is 3.82. The van der Waals surface area contributed by atoms with Crippen LogP contribution in [0.2, 0.25) is 0 Å². The summed E-state index contributed by atoms with van der Waals surface area (Å²) in [6.07, 6.45) is 4.32.